The van der Waals surface area contributed by atoms with Crippen molar-refractivity contribution in [3.05, 3.63) is 30.5 Å². The van der Waals surface area contributed by atoms with E-state index in [4.69, 9.17) is 5.73 Å². The Kier molecular flexibility index (Phi) is 3.25. The maximum absolute atomic E-state index is 5.88. The maximum Gasteiger partial charge on any atom is 0.134 e. The molecule has 2 aromatic rings. The molecule has 2 heterocycles. The zero-order valence-corrected chi connectivity index (χ0v) is 11.3. The number of fused-ring (bicyclic) bond motifs is 1. The summed E-state index contributed by atoms with van der Waals surface area (Å²) in [6.07, 6.45) is 4.18. The zero-order valence-electron chi connectivity index (χ0n) is 11.3. The van der Waals surface area contributed by atoms with E-state index >= 15 is 0 Å². The van der Waals surface area contributed by atoms with Crippen LogP contribution in [0.5, 0.6) is 0 Å². The van der Waals surface area contributed by atoms with Crippen molar-refractivity contribution in [3.8, 4) is 0 Å². The second-order valence-corrected chi connectivity index (χ2v) is 5.36. The summed E-state index contributed by atoms with van der Waals surface area (Å²) in [7, 11) is 2.17. The molecule has 0 spiro atoms. The SMILES string of the molecule is CN1CCC(Nc2nccc3ccc(N)cc23)CC1. The van der Waals surface area contributed by atoms with E-state index in [2.05, 4.69) is 22.2 Å². The van der Waals surface area contributed by atoms with Crippen LogP contribution in [0.1, 0.15) is 12.8 Å². The molecule has 1 aromatic heterocycles. The molecule has 100 valence electrons. The third-order valence-electron chi connectivity index (χ3n) is 3.85. The van der Waals surface area contributed by atoms with Gasteiger partial charge < -0.3 is 16.0 Å². The van der Waals surface area contributed by atoms with Gasteiger partial charge in [0.25, 0.3) is 0 Å². The monoisotopic (exact) mass is 256 g/mol. The third-order valence-corrected chi connectivity index (χ3v) is 3.85. The number of piperidine rings is 1. The largest absolute Gasteiger partial charge is 0.399 e. The molecule has 4 nitrogen and oxygen atoms in total. The van der Waals surface area contributed by atoms with Gasteiger partial charge in [0, 0.05) is 23.3 Å². The molecule has 3 rings (SSSR count). The molecule has 1 aliphatic rings. The predicted octanol–water partition coefficient (Wildman–Crippen LogP) is 2.32. The molecule has 1 aromatic carbocycles. The topological polar surface area (TPSA) is 54.2 Å². The van der Waals surface area contributed by atoms with E-state index in [1.54, 1.807) is 0 Å². The van der Waals surface area contributed by atoms with E-state index in [-0.39, 0.29) is 0 Å². The number of aromatic nitrogens is 1. The van der Waals surface area contributed by atoms with E-state index in [0.717, 1.165) is 42.8 Å². The number of hydrogen-bond donors (Lipinski definition) is 2. The lowest BCUT2D eigenvalue weighted by Crippen LogP contribution is -2.36. The normalized spacial score (nSPS) is 17.7. The van der Waals surface area contributed by atoms with Crippen molar-refractivity contribution in [2.75, 3.05) is 31.2 Å². The van der Waals surface area contributed by atoms with E-state index < -0.39 is 0 Å². The molecule has 0 atom stereocenters. The summed E-state index contributed by atoms with van der Waals surface area (Å²) >= 11 is 0. The number of nitrogens with one attached hydrogen (secondary N) is 1. The molecule has 1 fully saturated rings. The minimum absolute atomic E-state index is 0.510. The van der Waals surface area contributed by atoms with Crippen LogP contribution >= 0.6 is 0 Å². The molecule has 3 N–H and O–H groups in total. The second-order valence-electron chi connectivity index (χ2n) is 5.36. The average molecular weight is 256 g/mol. The fourth-order valence-electron chi connectivity index (χ4n) is 2.65. The molecule has 1 aliphatic heterocycles. The van der Waals surface area contributed by atoms with Gasteiger partial charge in [0.2, 0.25) is 0 Å². The molecule has 0 bridgehead atoms. The van der Waals surface area contributed by atoms with Gasteiger partial charge in [-0.25, -0.2) is 4.98 Å². The van der Waals surface area contributed by atoms with E-state index in [1.165, 1.54) is 5.39 Å². The highest BCUT2D eigenvalue weighted by molar-refractivity contribution is 5.93. The summed E-state index contributed by atoms with van der Waals surface area (Å²) in [6, 6.07) is 8.51. The number of pyridine rings is 1. The van der Waals surface area contributed by atoms with Crippen LogP contribution < -0.4 is 11.1 Å². The smallest absolute Gasteiger partial charge is 0.134 e. The third kappa shape index (κ3) is 2.63. The standard InChI is InChI=1S/C15H20N4/c1-19-8-5-13(6-9-19)18-15-14-10-12(16)3-2-11(14)4-7-17-15/h2-4,7,10,13H,5-6,8-9,16H2,1H3,(H,17,18). The zero-order chi connectivity index (χ0) is 13.2. The Morgan fingerprint density at radius 1 is 1.26 bits per heavy atom. The highest BCUT2D eigenvalue weighted by Gasteiger charge is 2.17. The van der Waals surface area contributed by atoms with Gasteiger partial charge in [0.15, 0.2) is 0 Å². The first-order valence-corrected chi connectivity index (χ1v) is 6.82. The van der Waals surface area contributed by atoms with Crippen molar-refractivity contribution in [2.24, 2.45) is 0 Å². The van der Waals surface area contributed by atoms with Gasteiger partial charge in [0.1, 0.15) is 5.82 Å². The van der Waals surface area contributed by atoms with Crippen LogP contribution in [0.2, 0.25) is 0 Å². The van der Waals surface area contributed by atoms with Crippen LogP contribution in [0.25, 0.3) is 10.8 Å². The van der Waals surface area contributed by atoms with Gasteiger partial charge >= 0.3 is 0 Å². The molecule has 0 radical (unpaired) electrons. The summed E-state index contributed by atoms with van der Waals surface area (Å²) in [4.78, 5) is 6.85. The number of hydrogen-bond acceptors (Lipinski definition) is 4. The molecule has 1 saturated heterocycles. The van der Waals surface area contributed by atoms with Crippen LogP contribution in [0.4, 0.5) is 11.5 Å². The second kappa shape index (κ2) is 5.05. The lowest BCUT2D eigenvalue weighted by atomic mass is 10.0. The van der Waals surface area contributed by atoms with E-state index in [1.807, 2.05) is 30.5 Å². The van der Waals surface area contributed by atoms with Gasteiger partial charge in [-0.1, -0.05) is 6.07 Å². The summed E-state index contributed by atoms with van der Waals surface area (Å²) < 4.78 is 0. The quantitative estimate of drug-likeness (QED) is 0.810. The lowest BCUT2D eigenvalue weighted by molar-refractivity contribution is 0.264. The number of rotatable bonds is 2. The molecule has 4 heteroatoms. The highest BCUT2D eigenvalue weighted by Crippen LogP contribution is 2.25. The maximum atomic E-state index is 5.88. The first-order chi connectivity index (χ1) is 9.22. The van der Waals surface area contributed by atoms with Gasteiger partial charge in [0.05, 0.1) is 0 Å². The molecule has 19 heavy (non-hydrogen) atoms. The van der Waals surface area contributed by atoms with E-state index in [9.17, 15) is 0 Å². The minimum Gasteiger partial charge on any atom is -0.399 e. The summed E-state index contributed by atoms with van der Waals surface area (Å²) in [6.45, 7) is 2.29. The average Bonchev–Trinajstić information content (AvgIpc) is 2.42. The molecule has 0 amide bonds. The van der Waals surface area contributed by atoms with Crippen LogP contribution in [0.3, 0.4) is 0 Å². The Morgan fingerprint density at radius 2 is 2.05 bits per heavy atom. The fraction of sp³-hybridized carbons (Fsp3) is 0.400. The van der Waals surface area contributed by atoms with Gasteiger partial charge in [-0.2, -0.15) is 0 Å². The first-order valence-electron chi connectivity index (χ1n) is 6.82. The highest BCUT2D eigenvalue weighted by atomic mass is 15.1. The molecular formula is C15H20N4. The van der Waals surface area contributed by atoms with Crippen molar-refractivity contribution in [1.82, 2.24) is 9.88 Å². The van der Waals surface area contributed by atoms with Crippen molar-refractivity contribution >= 4 is 22.3 Å². The fourth-order valence-corrected chi connectivity index (χ4v) is 2.65. The van der Waals surface area contributed by atoms with Crippen LogP contribution in [0.15, 0.2) is 30.5 Å². The Bertz CT molecular complexity index is 573. The lowest BCUT2D eigenvalue weighted by Gasteiger charge is -2.30. The summed E-state index contributed by atoms with van der Waals surface area (Å²) in [5.41, 5.74) is 6.67. The molecular weight excluding hydrogens is 236 g/mol. The Hall–Kier alpha value is -1.81. The predicted molar refractivity (Wildman–Crippen MR) is 80.3 cm³/mol. The van der Waals surface area contributed by atoms with Gasteiger partial charge in [-0.15, -0.1) is 0 Å². The minimum atomic E-state index is 0.510. The van der Waals surface area contributed by atoms with Crippen LogP contribution in [-0.4, -0.2) is 36.1 Å². The van der Waals surface area contributed by atoms with Crippen LogP contribution in [-0.2, 0) is 0 Å². The Labute approximate surface area is 113 Å². The first kappa shape index (κ1) is 12.2. The van der Waals surface area contributed by atoms with Gasteiger partial charge in [-0.05, 0) is 56.6 Å². The molecule has 0 aliphatic carbocycles. The number of likely N-dealkylation sites (tertiary alicyclic amines) is 1. The number of anilines is 2. The summed E-state index contributed by atoms with van der Waals surface area (Å²) in [5.74, 6) is 0.958. The Balaban J connectivity index is 1.86. The van der Waals surface area contributed by atoms with Crippen molar-refractivity contribution < 1.29 is 0 Å². The Morgan fingerprint density at radius 3 is 2.84 bits per heavy atom. The number of nitrogens with two attached hydrogens (primary N) is 1. The number of nitrogens with zero attached hydrogens (tertiary/aromatic N) is 2. The summed E-state index contributed by atoms with van der Waals surface area (Å²) in [5, 5.41) is 5.87. The molecule has 0 unspecified atom stereocenters. The van der Waals surface area contributed by atoms with Crippen molar-refractivity contribution in [3.63, 3.8) is 0 Å². The van der Waals surface area contributed by atoms with Crippen LogP contribution in [0, 0.1) is 0 Å². The number of benzene rings is 1. The van der Waals surface area contributed by atoms with E-state index in [0.29, 0.717) is 6.04 Å². The number of nitrogen functional groups attached to an aromatic ring is 1. The van der Waals surface area contributed by atoms with Gasteiger partial charge in [-0.3, -0.25) is 0 Å². The molecule has 0 saturated carbocycles. The van der Waals surface area contributed by atoms with Crippen molar-refractivity contribution in [2.45, 2.75) is 18.9 Å². The van der Waals surface area contributed by atoms with Crippen molar-refractivity contribution in [1.29, 1.82) is 0 Å².